The number of nitrogens with one attached hydrogen (secondary N) is 1. The number of benzene rings is 2. The van der Waals surface area contributed by atoms with Crippen molar-refractivity contribution in [2.45, 2.75) is 44.2 Å². The van der Waals surface area contributed by atoms with E-state index in [2.05, 4.69) is 23.5 Å². The summed E-state index contributed by atoms with van der Waals surface area (Å²) in [6, 6.07) is 16.2. The molecule has 1 saturated heterocycles. The highest BCUT2D eigenvalue weighted by molar-refractivity contribution is 5.85. The number of nitrogens with two attached hydrogens (primary N) is 1. The molecule has 3 unspecified atom stereocenters. The molecule has 3 N–H and O–H groups in total. The van der Waals surface area contributed by atoms with E-state index in [0.29, 0.717) is 0 Å². The number of hydrogen-bond donors (Lipinski definition) is 2. The lowest BCUT2D eigenvalue weighted by atomic mass is 9.85. The van der Waals surface area contributed by atoms with E-state index < -0.39 is 0 Å². The summed E-state index contributed by atoms with van der Waals surface area (Å²) < 4.78 is 5.99. The van der Waals surface area contributed by atoms with Crippen LogP contribution in [0.15, 0.2) is 48.5 Å². The molecule has 0 spiro atoms. The monoisotopic (exact) mass is 386 g/mol. The van der Waals surface area contributed by atoms with Gasteiger partial charge in [-0.3, -0.25) is 4.79 Å². The third-order valence-corrected chi connectivity index (χ3v) is 5.59. The molecule has 27 heavy (non-hydrogen) atoms. The number of amides is 1. The first kappa shape index (κ1) is 19.7. The molecule has 4 rings (SSSR count). The average molecular weight is 387 g/mol. The van der Waals surface area contributed by atoms with Crippen LogP contribution in [0, 0.1) is 5.92 Å². The van der Waals surface area contributed by atoms with Crippen molar-refractivity contribution < 1.29 is 9.53 Å². The van der Waals surface area contributed by atoms with Crippen molar-refractivity contribution in [3.8, 4) is 0 Å². The van der Waals surface area contributed by atoms with Gasteiger partial charge in [-0.15, -0.1) is 12.4 Å². The van der Waals surface area contributed by atoms with Crippen molar-refractivity contribution >= 4 is 24.0 Å². The topological polar surface area (TPSA) is 64.3 Å². The van der Waals surface area contributed by atoms with Crippen molar-refractivity contribution in [1.29, 1.82) is 0 Å². The van der Waals surface area contributed by atoms with Crippen LogP contribution in [0.4, 0.5) is 5.69 Å². The van der Waals surface area contributed by atoms with Crippen LogP contribution in [-0.2, 0) is 16.0 Å². The highest BCUT2D eigenvalue weighted by Gasteiger charge is 2.34. The van der Waals surface area contributed by atoms with Crippen LogP contribution >= 0.6 is 12.4 Å². The van der Waals surface area contributed by atoms with Gasteiger partial charge in [0.05, 0.1) is 18.1 Å². The molecule has 2 aromatic carbocycles. The molecule has 1 aliphatic carbocycles. The van der Waals surface area contributed by atoms with E-state index in [0.717, 1.165) is 50.0 Å². The number of ether oxygens (including phenoxy) is 1. The van der Waals surface area contributed by atoms with Gasteiger partial charge in [-0.25, -0.2) is 0 Å². The molecular formula is C22H27ClN2O2. The molecule has 1 amide bonds. The second-order valence-electron chi connectivity index (χ2n) is 7.36. The van der Waals surface area contributed by atoms with Crippen molar-refractivity contribution in [2.24, 2.45) is 5.92 Å². The van der Waals surface area contributed by atoms with Gasteiger partial charge in [-0.2, -0.15) is 0 Å². The summed E-state index contributed by atoms with van der Waals surface area (Å²) >= 11 is 0. The summed E-state index contributed by atoms with van der Waals surface area (Å²) in [7, 11) is 0. The lowest BCUT2D eigenvalue weighted by Crippen LogP contribution is -2.40. The Morgan fingerprint density at radius 1 is 1.07 bits per heavy atom. The number of halogens is 1. The van der Waals surface area contributed by atoms with Crippen LogP contribution in [0.2, 0.25) is 0 Å². The summed E-state index contributed by atoms with van der Waals surface area (Å²) in [5.41, 5.74) is 10.3. The van der Waals surface area contributed by atoms with Gasteiger partial charge in [0.2, 0.25) is 5.91 Å². The van der Waals surface area contributed by atoms with Gasteiger partial charge in [0, 0.05) is 12.3 Å². The number of carbonyl (C=O) groups excluding carboxylic acids is 1. The SMILES string of the molecule is Cl.Nc1ccc2c(c1)CCCC2NC(=O)C1CCCOC1c1ccccc1. The predicted octanol–water partition coefficient (Wildman–Crippen LogP) is 4.35. The molecule has 0 aromatic heterocycles. The minimum absolute atomic E-state index is 0. The lowest BCUT2D eigenvalue weighted by Gasteiger charge is -2.34. The van der Waals surface area contributed by atoms with Crippen molar-refractivity contribution in [3.63, 3.8) is 0 Å². The van der Waals surface area contributed by atoms with Crippen LogP contribution in [0.5, 0.6) is 0 Å². The molecule has 5 heteroatoms. The van der Waals surface area contributed by atoms with Gasteiger partial charge in [-0.1, -0.05) is 36.4 Å². The second-order valence-corrected chi connectivity index (χ2v) is 7.36. The summed E-state index contributed by atoms with van der Waals surface area (Å²) in [5.74, 6) is -0.0291. The molecule has 0 radical (unpaired) electrons. The molecule has 3 atom stereocenters. The summed E-state index contributed by atoms with van der Waals surface area (Å²) in [4.78, 5) is 13.1. The molecule has 1 fully saturated rings. The van der Waals surface area contributed by atoms with Gasteiger partial charge >= 0.3 is 0 Å². The zero-order valence-corrected chi connectivity index (χ0v) is 16.2. The number of fused-ring (bicyclic) bond motifs is 1. The van der Waals surface area contributed by atoms with Crippen LogP contribution in [0.25, 0.3) is 0 Å². The van der Waals surface area contributed by atoms with Crippen LogP contribution in [-0.4, -0.2) is 12.5 Å². The van der Waals surface area contributed by atoms with Gasteiger partial charge < -0.3 is 15.8 Å². The summed E-state index contributed by atoms with van der Waals surface area (Å²) in [6.07, 6.45) is 4.73. The highest BCUT2D eigenvalue weighted by atomic mass is 35.5. The largest absolute Gasteiger partial charge is 0.399 e. The van der Waals surface area contributed by atoms with Gasteiger partial charge in [0.15, 0.2) is 0 Å². The molecular weight excluding hydrogens is 360 g/mol. The number of rotatable bonds is 3. The van der Waals surface area contributed by atoms with Gasteiger partial charge in [0.1, 0.15) is 0 Å². The third-order valence-electron chi connectivity index (χ3n) is 5.59. The van der Waals surface area contributed by atoms with E-state index in [4.69, 9.17) is 10.5 Å². The Hall–Kier alpha value is -2.04. The quantitative estimate of drug-likeness (QED) is 0.770. The molecule has 144 valence electrons. The van der Waals surface area contributed by atoms with Crippen molar-refractivity contribution in [1.82, 2.24) is 5.32 Å². The number of nitrogen functional groups attached to an aromatic ring is 1. The Kier molecular flexibility index (Phi) is 6.40. The first-order chi connectivity index (χ1) is 12.7. The minimum atomic E-state index is -0.153. The zero-order chi connectivity index (χ0) is 17.9. The maximum absolute atomic E-state index is 13.1. The lowest BCUT2D eigenvalue weighted by molar-refractivity contribution is -0.135. The number of anilines is 1. The van der Waals surface area contributed by atoms with Crippen molar-refractivity contribution in [3.05, 3.63) is 65.2 Å². The molecule has 1 aliphatic heterocycles. The maximum Gasteiger partial charge on any atom is 0.226 e. The number of aryl methyl sites for hydroxylation is 1. The smallest absolute Gasteiger partial charge is 0.226 e. The first-order valence-corrected chi connectivity index (χ1v) is 9.57. The maximum atomic E-state index is 13.1. The van der Waals surface area contributed by atoms with E-state index in [1.165, 1.54) is 11.1 Å². The Labute approximate surface area is 166 Å². The van der Waals surface area contributed by atoms with Crippen LogP contribution in [0.1, 0.15) is 54.5 Å². The average Bonchev–Trinajstić information content (AvgIpc) is 2.68. The highest BCUT2D eigenvalue weighted by Crippen LogP contribution is 2.36. The fourth-order valence-electron chi connectivity index (χ4n) is 4.28. The second kappa shape index (κ2) is 8.77. The summed E-state index contributed by atoms with van der Waals surface area (Å²) in [5, 5.41) is 3.30. The predicted molar refractivity (Wildman–Crippen MR) is 110 cm³/mol. The minimum Gasteiger partial charge on any atom is -0.399 e. The van der Waals surface area contributed by atoms with Crippen LogP contribution < -0.4 is 11.1 Å². The third kappa shape index (κ3) is 4.28. The fourth-order valence-corrected chi connectivity index (χ4v) is 4.28. The molecule has 0 saturated carbocycles. The van der Waals surface area contributed by atoms with E-state index >= 15 is 0 Å². The van der Waals surface area contributed by atoms with Gasteiger partial charge in [-0.05, 0) is 60.9 Å². The molecule has 2 aromatic rings. The molecule has 0 bridgehead atoms. The standard InChI is InChI=1S/C22H26N2O2.ClH/c23-17-11-12-18-16(14-17)8-4-10-20(18)24-22(25)19-9-5-13-26-21(19)15-6-2-1-3-7-15;/h1-3,6-7,11-12,14,19-21H,4-5,8-10,13,23H2,(H,24,25);1H. The molecule has 1 heterocycles. The fraction of sp³-hybridized carbons (Fsp3) is 0.409. The van der Waals surface area contributed by atoms with Crippen LogP contribution in [0.3, 0.4) is 0 Å². The number of carbonyl (C=O) groups is 1. The van der Waals surface area contributed by atoms with Gasteiger partial charge in [0.25, 0.3) is 0 Å². The Morgan fingerprint density at radius 3 is 2.70 bits per heavy atom. The summed E-state index contributed by atoms with van der Waals surface area (Å²) in [6.45, 7) is 0.717. The normalized spacial score (nSPS) is 24.4. The Balaban J connectivity index is 0.00000210. The van der Waals surface area contributed by atoms with E-state index in [1.54, 1.807) is 0 Å². The molecule has 4 nitrogen and oxygen atoms in total. The molecule has 2 aliphatic rings. The zero-order valence-electron chi connectivity index (χ0n) is 15.4. The Bertz CT molecular complexity index is 781. The van der Waals surface area contributed by atoms with E-state index in [-0.39, 0.29) is 36.4 Å². The first-order valence-electron chi connectivity index (χ1n) is 9.57. The van der Waals surface area contributed by atoms with E-state index in [1.807, 2.05) is 30.3 Å². The van der Waals surface area contributed by atoms with Crippen molar-refractivity contribution in [2.75, 3.05) is 12.3 Å². The number of hydrogen-bond acceptors (Lipinski definition) is 3. The Morgan fingerprint density at radius 2 is 1.89 bits per heavy atom. The van der Waals surface area contributed by atoms with E-state index in [9.17, 15) is 4.79 Å².